The summed E-state index contributed by atoms with van der Waals surface area (Å²) in [6.07, 6.45) is 5.46. The molecular formula is C12H13N5O. The maximum Gasteiger partial charge on any atom is 0.319 e. The first-order valence-corrected chi connectivity index (χ1v) is 5.85. The molecule has 2 heterocycles. The number of nitrogens with one attached hydrogen (secondary N) is 3. The van der Waals surface area contributed by atoms with Crippen LogP contribution >= 0.6 is 0 Å². The van der Waals surface area contributed by atoms with Crippen molar-refractivity contribution in [1.29, 1.82) is 0 Å². The molecular weight excluding hydrogens is 230 g/mol. The van der Waals surface area contributed by atoms with Crippen molar-refractivity contribution in [3.05, 3.63) is 30.6 Å². The first-order chi connectivity index (χ1) is 8.83. The molecule has 0 aromatic carbocycles. The Balaban J connectivity index is 1.76. The number of aromatic amines is 1. The fourth-order valence-electron chi connectivity index (χ4n) is 1.65. The molecule has 0 radical (unpaired) electrons. The fraction of sp³-hybridized carbons (Fsp3) is 0.250. The zero-order valence-electron chi connectivity index (χ0n) is 9.68. The van der Waals surface area contributed by atoms with E-state index in [1.54, 1.807) is 12.4 Å². The normalized spacial score (nSPS) is 14.2. The first kappa shape index (κ1) is 10.8. The molecule has 0 aliphatic heterocycles. The highest BCUT2D eigenvalue weighted by Gasteiger charge is 2.23. The van der Waals surface area contributed by atoms with Gasteiger partial charge in [0.05, 0.1) is 11.4 Å². The molecule has 3 rings (SSSR count). The lowest BCUT2D eigenvalue weighted by molar-refractivity contribution is 0.251. The Bertz CT molecular complexity index is 547. The maximum absolute atomic E-state index is 11.7. The summed E-state index contributed by atoms with van der Waals surface area (Å²) in [5, 5.41) is 12.5. The third kappa shape index (κ3) is 2.32. The second-order valence-electron chi connectivity index (χ2n) is 4.24. The highest BCUT2D eigenvalue weighted by Crippen LogP contribution is 2.23. The molecule has 0 saturated heterocycles. The Hall–Kier alpha value is -2.37. The van der Waals surface area contributed by atoms with E-state index in [-0.39, 0.29) is 6.03 Å². The Morgan fingerprint density at radius 3 is 3.00 bits per heavy atom. The van der Waals surface area contributed by atoms with Gasteiger partial charge in [0, 0.05) is 18.4 Å². The van der Waals surface area contributed by atoms with E-state index in [0.29, 0.717) is 17.4 Å². The number of nitrogens with zero attached hydrogens (tertiary/aromatic N) is 2. The number of rotatable bonds is 3. The quantitative estimate of drug-likeness (QED) is 0.768. The van der Waals surface area contributed by atoms with Gasteiger partial charge in [-0.2, -0.15) is 5.10 Å². The summed E-state index contributed by atoms with van der Waals surface area (Å²) < 4.78 is 0. The zero-order valence-corrected chi connectivity index (χ0v) is 9.68. The van der Waals surface area contributed by atoms with Crippen LogP contribution in [0.15, 0.2) is 30.6 Å². The van der Waals surface area contributed by atoms with Gasteiger partial charge in [0.15, 0.2) is 0 Å². The van der Waals surface area contributed by atoms with Crippen molar-refractivity contribution < 1.29 is 4.79 Å². The number of anilines is 1. The summed E-state index contributed by atoms with van der Waals surface area (Å²) in [5.41, 5.74) is 1.99. The number of hydrogen-bond donors (Lipinski definition) is 3. The van der Waals surface area contributed by atoms with Gasteiger partial charge in [-0.25, -0.2) is 4.79 Å². The summed E-state index contributed by atoms with van der Waals surface area (Å²) >= 11 is 0. The number of carbonyl (C=O) groups is 1. The minimum Gasteiger partial charge on any atom is -0.335 e. The fourth-order valence-corrected chi connectivity index (χ4v) is 1.65. The summed E-state index contributed by atoms with van der Waals surface area (Å²) in [5.74, 6) is 0. The van der Waals surface area contributed by atoms with Crippen LogP contribution in [-0.2, 0) is 0 Å². The SMILES string of the molecule is O=C(Nc1c[nH]nc1-c1ccccn1)NC1CC1. The van der Waals surface area contributed by atoms with E-state index in [9.17, 15) is 4.79 Å². The molecule has 18 heavy (non-hydrogen) atoms. The second kappa shape index (κ2) is 4.48. The van der Waals surface area contributed by atoms with Crippen LogP contribution in [-0.4, -0.2) is 27.3 Å². The average molecular weight is 243 g/mol. The molecule has 92 valence electrons. The smallest absolute Gasteiger partial charge is 0.319 e. The van der Waals surface area contributed by atoms with E-state index in [0.717, 1.165) is 18.5 Å². The van der Waals surface area contributed by atoms with Crippen molar-refractivity contribution in [3.8, 4) is 11.4 Å². The molecule has 0 spiro atoms. The van der Waals surface area contributed by atoms with Gasteiger partial charge < -0.3 is 10.6 Å². The number of amides is 2. The molecule has 3 N–H and O–H groups in total. The van der Waals surface area contributed by atoms with Crippen LogP contribution in [0.3, 0.4) is 0 Å². The minimum absolute atomic E-state index is 0.198. The Morgan fingerprint density at radius 2 is 2.28 bits per heavy atom. The van der Waals surface area contributed by atoms with Gasteiger partial charge in [0.25, 0.3) is 0 Å². The van der Waals surface area contributed by atoms with E-state index in [1.165, 1.54) is 0 Å². The molecule has 2 amide bonds. The van der Waals surface area contributed by atoms with Gasteiger partial charge in [0.2, 0.25) is 0 Å². The van der Waals surface area contributed by atoms with Crippen molar-refractivity contribution in [1.82, 2.24) is 20.5 Å². The van der Waals surface area contributed by atoms with Crippen LogP contribution in [0.2, 0.25) is 0 Å². The van der Waals surface area contributed by atoms with Gasteiger partial charge in [-0.3, -0.25) is 10.1 Å². The lowest BCUT2D eigenvalue weighted by atomic mass is 10.2. The van der Waals surface area contributed by atoms with Crippen LogP contribution in [0.4, 0.5) is 10.5 Å². The van der Waals surface area contributed by atoms with Crippen LogP contribution in [0.5, 0.6) is 0 Å². The molecule has 1 saturated carbocycles. The van der Waals surface area contributed by atoms with Crippen molar-refractivity contribution in [2.75, 3.05) is 5.32 Å². The lowest BCUT2D eigenvalue weighted by Crippen LogP contribution is -2.30. The first-order valence-electron chi connectivity index (χ1n) is 5.85. The van der Waals surface area contributed by atoms with E-state index in [2.05, 4.69) is 25.8 Å². The van der Waals surface area contributed by atoms with Crippen LogP contribution < -0.4 is 10.6 Å². The number of urea groups is 1. The average Bonchev–Trinajstić information content (AvgIpc) is 3.07. The molecule has 6 heteroatoms. The monoisotopic (exact) mass is 243 g/mol. The van der Waals surface area contributed by atoms with Crippen molar-refractivity contribution >= 4 is 11.7 Å². The topological polar surface area (TPSA) is 82.7 Å². The van der Waals surface area contributed by atoms with Crippen molar-refractivity contribution in [2.24, 2.45) is 0 Å². The lowest BCUT2D eigenvalue weighted by Gasteiger charge is -2.05. The Kier molecular flexibility index (Phi) is 2.68. The van der Waals surface area contributed by atoms with E-state index >= 15 is 0 Å². The minimum atomic E-state index is -0.198. The summed E-state index contributed by atoms with van der Waals surface area (Å²) in [6, 6.07) is 5.69. The van der Waals surface area contributed by atoms with Crippen molar-refractivity contribution in [2.45, 2.75) is 18.9 Å². The maximum atomic E-state index is 11.7. The van der Waals surface area contributed by atoms with Crippen LogP contribution in [0.25, 0.3) is 11.4 Å². The van der Waals surface area contributed by atoms with Gasteiger partial charge in [-0.1, -0.05) is 6.07 Å². The number of carbonyl (C=O) groups excluding carboxylic acids is 1. The second-order valence-corrected chi connectivity index (χ2v) is 4.24. The van der Waals surface area contributed by atoms with E-state index in [4.69, 9.17) is 0 Å². The molecule has 0 bridgehead atoms. The molecule has 6 nitrogen and oxygen atoms in total. The molecule has 2 aromatic rings. The van der Waals surface area contributed by atoms with Gasteiger partial charge >= 0.3 is 6.03 Å². The largest absolute Gasteiger partial charge is 0.335 e. The van der Waals surface area contributed by atoms with E-state index in [1.807, 2.05) is 18.2 Å². The highest BCUT2D eigenvalue weighted by molar-refractivity contribution is 5.93. The summed E-state index contributed by atoms with van der Waals surface area (Å²) in [6.45, 7) is 0. The zero-order chi connectivity index (χ0) is 12.4. The molecule has 0 unspecified atom stereocenters. The van der Waals surface area contributed by atoms with Gasteiger partial charge in [-0.15, -0.1) is 0 Å². The van der Waals surface area contributed by atoms with Gasteiger partial charge in [-0.05, 0) is 25.0 Å². The third-order valence-electron chi connectivity index (χ3n) is 2.71. The summed E-state index contributed by atoms with van der Waals surface area (Å²) in [7, 11) is 0. The van der Waals surface area contributed by atoms with Crippen molar-refractivity contribution in [3.63, 3.8) is 0 Å². The highest BCUT2D eigenvalue weighted by atomic mass is 16.2. The Morgan fingerprint density at radius 1 is 1.39 bits per heavy atom. The van der Waals surface area contributed by atoms with Gasteiger partial charge in [0.1, 0.15) is 5.69 Å². The predicted molar refractivity (Wildman–Crippen MR) is 67.0 cm³/mol. The molecule has 1 fully saturated rings. The molecule has 0 atom stereocenters. The molecule has 1 aliphatic rings. The number of pyridine rings is 1. The van der Waals surface area contributed by atoms with E-state index < -0.39 is 0 Å². The molecule has 1 aliphatic carbocycles. The molecule has 2 aromatic heterocycles. The number of hydrogen-bond acceptors (Lipinski definition) is 3. The summed E-state index contributed by atoms with van der Waals surface area (Å²) in [4.78, 5) is 15.9. The number of aromatic nitrogens is 3. The third-order valence-corrected chi connectivity index (χ3v) is 2.71. The predicted octanol–water partition coefficient (Wildman–Crippen LogP) is 1.76. The van der Waals surface area contributed by atoms with Crippen LogP contribution in [0.1, 0.15) is 12.8 Å². The Labute approximate surface area is 104 Å². The van der Waals surface area contributed by atoms with Crippen LogP contribution in [0, 0.1) is 0 Å². The number of H-pyrrole nitrogens is 1. The standard InChI is InChI=1S/C12H13N5O/c18-12(15-8-4-5-8)16-10-7-14-17-11(10)9-3-1-2-6-13-9/h1-3,6-8H,4-5H2,(H,14,17)(H2,15,16,18).